The van der Waals surface area contributed by atoms with Gasteiger partial charge in [0.05, 0.1) is 25.7 Å². The highest BCUT2D eigenvalue weighted by atomic mass is 35.5. The van der Waals surface area contributed by atoms with E-state index in [0.29, 0.717) is 19.6 Å². The summed E-state index contributed by atoms with van der Waals surface area (Å²) in [7, 11) is 1.64. The average molecular weight is 294 g/mol. The summed E-state index contributed by atoms with van der Waals surface area (Å²) < 4.78 is 5.46. The van der Waals surface area contributed by atoms with Gasteiger partial charge < -0.3 is 20.3 Å². The minimum Gasteiger partial charge on any atom is -0.375 e. The lowest BCUT2D eigenvalue weighted by molar-refractivity contribution is -0.137. The van der Waals surface area contributed by atoms with Crippen LogP contribution in [0.5, 0.6) is 0 Å². The molecule has 0 bridgehead atoms. The Morgan fingerprint density at radius 1 is 1.47 bits per heavy atom. The van der Waals surface area contributed by atoms with Crippen molar-refractivity contribution >= 4 is 24.2 Å². The van der Waals surface area contributed by atoms with Crippen molar-refractivity contribution in [2.24, 2.45) is 0 Å². The number of rotatable bonds is 5. The van der Waals surface area contributed by atoms with E-state index in [1.165, 1.54) is 4.90 Å². The molecule has 0 spiro atoms. The zero-order valence-electron chi connectivity index (χ0n) is 11.8. The number of ether oxygens (including phenoxy) is 1. The van der Waals surface area contributed by atoms with Gasteiger partial charge in [0, 0.05) is 26.2 Å². The predicted octanol–water partition coefficient (Wildman–Crippen LogP) is -0.230. The summed E-state index contributed by atoms with van der Waals surface area (Å²) in [5.41, 5.74) is 0. The Hall–Kier alpha value is -0.850. The number of carbonyl (C=O) groups is 2. The first-order chi connectivity index (χ1) is 8.49. The Morgan fingerprint density at radius 3 is 2.68 bits per heavy atom. The van der Waals surface area contributed by atoms with Gasteiger partial charge in [-0.1, -0.05) is 0 Å². The second kappa shape index (κ2) is 9.12. The van der Waals surface area contributed by atoms with Crippen LogP contribution in [0, 0.1) is 0 Å². The highest BCUT2D eigenvalue weighted by Crippen LogP contribution is 2.03. The average Bonchev–Trinajstić information content (AvgIpc) is 2.28. The molecule has 2 N–H and O–H groups in total. The number of halogens is 1. The minimum atomic E-state index is -0.136. The molecule has 1 heterocycles. The van der Waals surface area contributed by atoms with Crippen LogP contribution in [0.3, 0.4) is 0 Å². The molecule has 112 valence electrons. The number of nitrogens with zero attached hydrogens (tertiary/aromatic N) is 1. The van der Waals surface area contributed by atoms with Crippen LogP contribution in [-0.2, 0) is 14.3 Å². The molecule has 0 saturated carbocycles. The summed E-state index contributed by atoms with van der Waals surface area (Å²) in [6, 6.07) is 0.0897. The van der Waals surface area contributed by atoms with Crippen molar-refractivity contribution in [2.75, 3.05) is 33.3 Å². The van der Waals surface area contributed by atoms with Gasteiger partial charge in [-0.3, -0.25) is 9.59 Å². The van der Waals surface area contributed by atoms with Crippen molar-refractivity contribution < 1.29 is 14.3 Å². The highest BCUT2D eigenvalue weighted by Gasteiger charge is 2.20. The van der Waals surface area contributed by atoms with Crippen molar-refractivity contribution in [3.63, 3.8) is 0 Å². The fraction of sp³-hybridized carbons (Fsp3) is 0.833. The molecule has 2 amide bonds. The highest BCUT2D eigenvalue weighted by molar-refractivity contribution is 5.85. The third kappa shape index (κ3) is 7.34. The van der Waals surface area contributed by atoms with Crippen LogP contribution in [0.4, 0.5) is 0 Å². The van der Waals surface area contributed by atoms with Crippen molar-refractivity contribution in [2.45, 2.75) is 32.4 Å². The van der Waals surface area contributed by atoms with E-state index in [2.05, 4.69) is 10.6 Å². The third-order valence-electron chi connectivity index (χ3n) is 2.66. The zero-order chi connectivity index (χ0) is 13.5. The molecular weight excluding hydrogens is 270 g/mol. The largest absolute Gasteiger partial charge is 0.375 e. The van der Waals surface area contributed by atoms with Gasteiger partial charge in [0.2, 0.25) is 11.8 Å². The Labute approximate surface area is 120 Å². The quantitative estimate of drug-likeness (QED) is 0.735. The first-order valence-corrected chi connectivity index (χ1v) is 6.34. The van der Waals surface area contributed by atoms with Crippen LogP contribution < -0.4 is 10.6 Å². The summed E-state index contributed by atoms with van der Waals surface area (Å²) in [6.07, 6.45) is 0.236. The summed E-state index contributed by atoms with van der Waals surface area (Å²) in [6.45, 7) is 6.03. The van der Waals surface area contributed by atoms with Gasteiger partial charge in [-0.25, -0.2) is 0 Å². The maximum atomic E-state index is 11.9. The molecule has 0 aromatic rings. The summed E-state index contributed by atoms with van der Waals surface area (Å²) in [4.78, 5) is 24.8. The van der Waals surface area contributed by atoms with Gasteiger partial charge in [-0.15, -0.1) is 12.4 Å². The molecule has 6 nitrogen and oxygen atoms in total. The molecule has 1 unspecified atom stereocenters. The van der Waals surface area contributed by atoms with Crippen LogP contribution in [0.1, 0.15) is 20.3 Å². The number of morpholine rings is 1. The predicted molar refractivity (Wildman–Crippen MR) is 75.4 cm³/mol. The SMILES string of the molecule is CC(C)NC(=O)CN(C)C(=O)CC1CNCCO1.Cl. The van der Waals surface area contributed by atoms with E-state index in [1.54, 1.807) is 7.05 Å². The number of nitrogens with one attached hydrogen (secondary N) is 2. The van der Waals surface area contributed by atoms with E-state index in [1.807, 2.05) is 13.8 Å². The smallest absolute Gasteiger partial charge is 0.239 e. The Balaban J connectivity index is 0.00000324. The molecule has 0 aliphatic carbocycles. The lowest BCUT2D eigenvalue weighted by Crippen LogP contribution is -2.44. The third-order valence-corrected chi connectivity index (χ3v) is 2.66. The maximum Gasteiger partial charge on any atom is 0.239 e. The molecule has 1 rings (SSSR count). The number of carbonyl (C=O) groups excluding carboxylic acids is 2. The normalized spacial score (nSPS) is 18.6. The van der Waals surface area contributed by atoms with Crippen LogP contribution in [-0.4, -0.2) is 62.1 Å². The van der Waals surface area contributed by atoms with Gasteiger partial charge in [-0.05, 0) is 13.8 Å². The molecule has 1 saturated heterocycles. The molecule has 1 atom stereocenters. The molecule has 0 aromatic carbocycles. The number of hydrogen-bond acceptors (Lipinski definition) is 4. The second-order valence-corrected chi connectivity index (χ2v) is 4.87. The monoisotopic (exact) mass is 293 g/mol. The molecule has 0 aromatic heterocycles. The van der Waals surface area contributed by atoms with Crippen molar-refractivity contribution in [3.05, 3.63) is 0 Å². The summed E-state index contributed by atoms with van der Waals surface area (Å²) >= 11 is 0. The first kappa shape index (κ1) is 18.1. The Kier molecular flexibility index (Phi) is 8.71. The molecule has 1 aliphatic rings. The van der Waals surface area contributed by atoms with Crippen LogP contribution in [0.2, 0.25) is 0 Å². The minimum absolute atomic E-state index is 0. The lowest BCUT2D eigenvalue weighted by atomic mass is 10.2. The van der Waals surface area contributed by atoms with Crippen molar-refractivity contribution in [1.29, 1.82) is 0 Å². The fourth-order valence-electron chi connectivity index (χ4n) is 1.77. The second-order valence-electron chi connectivity index (χ2n) is 4.87. The van der Waals surface area contributed by atoms with E-state index in [-0.39, 0.29) is 42.9 Å². The first-order valence-electron chi connectivity index (χ1n) is 6.34. The molecule has 19 heavy (non-hydrogen) atoms. The number of likely N-dealkylation sites (N-methyl/N-ethyl adjacent to an activating group) is 1. The van der Waals surface area contributed by atoms with E-state index in [0.717, 1.165) is 6.54 Å². The topological polar surface area (TPSA) is 70.7 Å². The van der Waals surface area contributed by atoms with E-state index >= 15 is 0 Å². The fourth-order valence-corrected chi connectivity index (χ4v) is 1.77. The zero-order valence-corrected chi connectivity index (χ0v) is 12.6. The van der Waals surface area contributed by atoms with Gasteiger partial charge in [0.25, 0.3) is 0 Å². The van der Waals surface area contributed by atoms with Crippen molar-refractivity contribution in [3.8, 4) is 0 Å². The number of amides is 2. The van der Waals surface area contributed by atoms with Gasteiger partial charge in [0.15, 0.2) is 0 Å². The number of hydrogen-bond donors (Lipinski definition) is 2. The van der Waals surface area contributed by atoms with Gasteiger partial charge in [-0.2, -0.15) is 0 Å². The van der Waals surface area contributed by atoms with E-state index in [9.17, 15) is 9.59 Å². The summed E-state index contributed by atoms with van der Waals surface area (Å²) in [5, 5.41) is 5.93. The van der Waals surface area contributed by atoms with E-state index < -0.39 is 0 Å². The van der Waals surface area contributed by atoms with Crippen LogP contribution >= 0.6 is 12.4 Å². The van der Waals surface area contributed by atoms with Gasteiger partial charge in [0.1, 0.15) is 0 Å². The standard InChI is InChI=1S/C12H23N3O3.ClH/c1-9(2)14-11(16)8-15(3)12(17)6-10-7-13-4-5-18-10;/h9-10,13H,4-8H2,1-3H3,(H,14,16);1H. The molecular formula is C12H24ClN3O3. The Bertz CT molecular complexity index is 294. The van der Waals surface area contributed by atoms with E-state index in [4.69, 9.17) is 4.74 Å². The van der Waals surface area contributed by atoms with Crippen LogP contribution in [0.15, 0.2) is 0 Å². The molecule has 0 radical (unpaired) electrons. The Morgan fingerprint density at radius 2 is 2.16 bits per heavy atom. The molecule has 1 fully saturated rings. The molecule has 7 heteroatoms. The lowest BCUT2D eigenvalue weighted by Gasteiger charge is -2.25. The van der Waals surface area contributed by atoms with Gasteiger partial charge >= 0.3 is 0 Å². The van der Waals surface area contributed by atoms with Crippen molar-refractivity contribution in [1.82, 2.24) is 15.5 Å². The summed E-state index contributed by atoms with van der Waals surface area (Å²) in [5.74, 6) is -0.203. The van der Waals surface area contributed by atoms with Crippen LogP contribution in [0.25, 0.3) is 0 Å². The molecule has 1 aliphatic heterocycles. The maximum absolute atomic E-state index is 11.9.